The van der Waals surface area contributed by atoms with Gasteiger partial charge in [-0.1, -0.05) is 12.1 Å². The van der Waals surface area contributed by atoms with Crippen molar-refractivity contribution in [3.63, 3.8) is 0 Å². The van der Waals surface area contributed by atoms with Crippen molar-refractivity contribution in [3.8, 4) is 0 Å². The van der Waals surface area contributed by atoms with Crippen LogP contribution in [-0.2, 0) is 25.9 Å². The van der Waals surface area contributed by atoms with Gasteiger partial charge in [-0.15, -0.1) is 0 Å². The van der Waals surface area contributed by atoms with Gasteiger partial charge >= 0.3 is 0 Å². The number of nitrogens with one attached hydrogen (secondary N) is 1. The number of rotatable bonds is 2. The second kappa shape index (κ2) is 9.82. The first-order chi connectivity index (χ1) is 15.7. The SMILES string of the molecule is CN1CCN(c2ccc3c(c2)CCC3)CC1.CN1CCN(c2ccc3c(c2)CNC3)CC1. The molecule has 0 radical (unpaired) electrons. The molecule has 0 saturated carbocycles. The van der Waals surface area contributed by atoms with Crippen LogP contribution in [0.4, 0.5) is 11.4 Å². The predicted molar refractivity (Wildman–Crippen MR) is 135 cm³/mol. The highest BCUT2D eigenvalue weighted by Gasteiger charge is 2.18. The van der Waals surface area contributed by atoms with Crippen LogP contribution in [0.1, 0.15) is 28.7 Å². The Kier molecular flexibility index (Phi) is 6.67. The quantitative estimate of drug-likeness (QED) is 0.785. The van der Waals surface area contributed by atoms with Gasteiger partial charge in [-0.05, 0) is 79.9 Å². The Morgan fingerprint density at radius 2 is 1.06 bits per heavy atom. The lowest BCUT2D eigenvalue weighted by Crippen LogP contribution is -2.44. The van der Waals surface area contributed by atoms with E-state index in [0.717, 1.165) is 26.2 Å². The number of fused-ring (bicyclic) bond motifs is 2. The van der Waals surface area contributed by atoms with Crippen LogP contribution in [0.5, 0.6) is 0 Å². The van der Waals surface area contributed by atoms with Gasteiger partial charge in [-0.25, -0.2) is 0 Å². The minimum atomic E-state index is 1.04. The zero-order chi connectivity index (χ0) is 21.9. The number of aryl methyl sites for hydroxylation is 2. The fraction of sp³-hybridized carbons (Fsp3) is 0.556. The summed E-state index contributed by atoms with van der Waals surface area (Å²) < 4.78 is 0. The fourth-order valence-electron chi connectivity index (χ4n) is 5.36. The van der Waals surface area contributed by atoms with Gasteiger partial charge in [0.1, 0.15) is 0 Å². The highest BCUT2D eigenvalue weighted by Crippen LogP contribution is 2.27. The molecule has 5 heteroatoms. The average Bonchev–Trinajstić information content (AvgIpc) is 3.49. The summed E-state index contributed by atoms with van der Waals surface area (Å²) in [6.45, 7) is 11.5. The first-order valence-electron chi connectivity index (χ1n) is 12.5. The predicted octanol–water partition coefficient (Wildman–Crippen LogP) is 2.97. The molecule has 0 atom stereocenters. The molecule has 172 valence electrons. The number of nitrogens with zero attached hydrogens (tertiary/aromatic N) is 4. The Morgan fingerprint density at radius 3 is 1.69 bits per heavy atom. The molecular formula is C27H39N5. The van der Waals surface area contributed by atoms with Crippen molar-refractivity contribution in [2.24, 2.45) is 0 Å². The fourth-order valence-corrected chi connectivity index (χ4v) is 5.36. The summed E-state index contributed by atoms with van der Waals surface area (Å²) in [5, 5.41) is 3.40. The molecule has 1 aliphatic carbocycles. The molecule has 2 aromatic rings. The Hall–Kier alpha value is -2.08. The number of anilines is 2. The third-order valence-electron chi connectivity index (χ3n) is 7.64. The van der Waals surface area contributed by atoms with E-state index in [4.69, 9.17) is 0 Å². The van der Waals surface area contributed by atoms with E-state index in [2.05, 4.69) is 75.4 Å². The van der Waals surface area contributed by atoms with Crippen LogP contribution in [0.15, 0.2) is 36.4 Å². The highest BCUT2D eigenvalue weighted by atomic mass is 15.3. The number of benzene rings is 2. The first-order valence-corrected chi connectivity index (χ1v) is 12.5. The molecule has 0 unspecified atom stereocenters. The maximum atomic E-state index is 3.40. The van der Waals surface area contributed by atoms with Gasteiger partial charge in [0.05, 0.1) is 0 Å². The molecule has 6 rings (SSSR count). The maximum absolute atomic E-state index is 3.40. The van der Waals surface area contributed by atoms with Gasteiger partial charge in [0.15, 0.2) is 0 Å². The second-order valence-electron chi connectivity index (χ2n) is 9.94. The molecule has 2 saturated heterocycles. The molecule has 3 heterocycles. The number of piperazine rings is 2. The molecule has 0 amide bonds. The maximum Gasteiger partial charge on any atom is 0.0370 e. The summed E-state index contributed by atoms with van der Waals surface area (Å²) in [5.74, 6) is 0. The molecule has 0 aromatic heterocycles. The van der Waals surface area contributed by atoms with Crippen LogP contribution in [0, 0.1) is 0 Å². The van der Waals surface area contributed by atoms with E-state index in [0.29, 0.717) is 0 Å². The number of hydrogen-bond donors (Lipinski definition) is 1. The summed E-state index contributed by atoms with van der Waals surface area (Å²) >= 11 is 0. The Balaban J connectivity index is 0.000000135. The van der Waals surface area contributed by atoms with Crippen molar-refractivity contribution in [2.45, 2.75) is 32.4 Å². The van der Waals surface area contributed by atoms with Gasteiger partial charge in [0.2, 0.25) is 0 Å². The summed E-state index contributed by atoms with van der Waals surface area (Å²) in [6, 6.07) is 14.0. The molecule has 2 aromatic carbocycles. The van der Waals surface area contributed by atoms with Crippen LogP contribution < -0.4 is 15.1 Å². The van der Waals surface area contributed by atoms with Crippen LogP contribution >= 0.6 is 0 Å². The highest BCUT2D eigenvalue weighted by molar-refractivity contribution is 5.53. The Bertz CT molecular complexity index is 835. The third-order valence-corrected chi connectivity index (χ3v) is 7.64. The van der Waals surface area contributed by atoms with E-state index in [1.807, 2.05) is 0 Å². The van der Waals surface area contributed by atoms with Crippen molar-refractivity contribution in [2.75, 3.05) is 76.3 Å². The minimum absolute atomic E-state index is 1.04. The van der Waals surface area contributed by atoms with E-state index >= 15 is 0 Å². The van der Waals surface area contributed by atoms with Crippen molar-refractivity contribution >= 4 is 11.4 Å². The largest absolute Gasteiger partial charge is 0.369 e. The first kappa shape index (κ1) is 21.7. The number of hydrogen-bond acceptors (Lipinski definition) is 5. The summed E-state index contributed by atoms with van der Waals surface area (Å²) in [4.78, 5) is 9.83. The van der Waals surface area contributed by atoms with Crippen molar-refractivity contribution in [3.05, 3.63) is 58.7 Å². The molecule has 1 N–H and O–H groups in total. The summed E-state index contributed by atoms with van der Waals surface area (Å²) in [5.41, 5.74) is 8.97. The van der Waals surface area contributed by atoms with Gasteiger partial charge in [-0.2, -0.15) is 0 Å². The lowest BCUT2D eigenvalue weighted by molar-refractivity contribution is 0.313. The second-order valence-corrected chi connectivity index (χ2v) is 9.94. The molecule has 4 aliphatic rings. The van der Waals surface area contributed by atoms with E-state index in [1.54, 1.807) is 11.1 Å². The van der Waals surface area contributed by atoms with E-state index < -0.39 is 0 Å². The summed E-state index contributed by atoms with van der Waals surface area (Å²) in [6.07, 6.45) is 3.93. The molecule has 2 fully saturated rings. The monoisotopic (exact) mass is 433 g/mol. The van der Waals surface area contributed by atoms with Crippen LogP contribution in [0.2, 0.25) is 0 Å². The van der Waals surface area contributed by atoms with E-state index in [-0.39, 0.29) is 0 Å². The zero-order valence-electron chi connectivity index (χ0n) is 19.9. The van der Waals surface area contributed by atoms with Crippen LogP contribution in [0.3, 0.4) is 0 Å². The van der Waals surface area contributed by atoms with Crippen molar-refractivity contribution < 1.29 is 0 Å². The van der Waals surface area contributed by atoms with Gasteiger partial charge in [0, 0.05) is 76.8 Å². The lowest BCUT2D eigenvalue weighted by Gasteiger charge is -2.34. The molecule has 3 aliphatic heterocycles. The summed E-state index contributed by atoms with van der Waals surface area (Å²) in [7, 11) is 4.41. The van der Waals surface area contributed by atoms with E-state index in [9.17, 15) is 0 Å². The van der Waals surface area contributed by atoms with Crippen molar-refractivity contribution in [1.82, 2.24) is 15.1 Å². The molecule has 0 bridgehead atoms. The molecular weight excluding hydrogens is 394 g/mol. The number of likely N-dealkylation sites (N-methyl/N-ethyl adjacent to an activating group) is 2. The van der Waals surface area contributed by atoms with Gasteiger partial charge in [0.25, 0.3) is 0 Å². The van der Waals surface area contributed by atoms with Gasteiger partial charge < -0.3 is 24.9 Å². The zero-order valence-corrected chi connectivity index (χ0v) is 19.9. The molecule has 32 heavy (non-hydrogen) atoms. The molecule has 5 nitrogen and oxygen atoms in total. The van der Waals surface area contributed by atoms with E-state index in [1.165, 1.54) is 81.0 Å². The topological polar surface area (TPSA) is 25.0 Å². The smallest absolute Gasteiger partial charge is 0.0370 e. The Morgan fingerprint density at radius 1 is 0.562 bits per heavy atom. The lowest BCUT2D eigenvalue weighted by atomic mass is 10.1. The van der Waals surface area contributed by atoms with Crippen molar-refractivity contribution in [1.29, 1.82) is 0 Å². The third kappa shape index (κ3) is 4.95. The van der Waals surface area contributed by atoms with Crippen LogP contribution in [0.25, 0.3) is 0 Å². The normalized spacial score (nSPS) is 21.2. The van der Waals surface area contributed by atoms with Gasteiger partial charge in [-0.3, -0.25) is 0 Å². The van der Waals surface area contributed by atoms with Crippen LogP contribution in [-0.4, -0.2) is 76.3 Å². The minimum Gasteiger partial charge on any atom is -0.369 e. The average molecular weight is 434 g/mol. The molecule has 0 spiro atoms. The standard InChI is InChI=1S/C14H20N2.C13H19N3/c1-15-7-9-16(10-8-15)14-6-5-12-3-2-4-13(12)11-14;1-15-4-6-16(7-5-15)13-3-2-11-9-14-10-12(11)8-13/h5-6,11H,2-4,7-10H2,1H3;2-3,8,14H,4-7,9-10H2,1H3. The Labute approximate surface area is 194 Å².